The van der Waals surface area contributed by atoms with Crippen molar-refractivity contribution in [1.82, 2.24) is 15.5 Å². The summed E-state index contributed by atoms with van der Waals surface area (Å²) in [5.74, 6) is -1.29. The van der Waals surface area contributed by atoms with Gasteiger partial charge in [0.1, 0.15) is 11.5 Å². The highest BCUT2D eigenvalue weighted by molar-refractivity contribution is 14.1. The van der Waals surface area contributed by atoms with E-state index in [1.165, 1.54) is 0 Å². The van der Waals surface area contributed by atoms with E-state index in [2.05, 4.69) is 33.2 Å². The largest absolute Gasteiger partial charge is 0.474 e. The van der Waals surface area contributed by atoms with Crippen LogP contribution in [0.25, 0.3) is 0 Å². The first-order chi connectivity index (χ1) is 22.2. The van der Waals surface area contributed by atoms with Crippen molar-refractivity contribution in [3.05, 3.63) is 129 Å². The van der Waals surface area contributed by atoms with Crippen molar-refractivity contribution in [2.45, 2.75) is 31.8 Å². The minimum absolute atomic E-state index is 0.00403. The van der Waals surface area contributed by atoms with Gasteiger partial charge in [0.15, 0.2) is 0 Å². The molecule has 0 bridgehead atoms. The zero-order chi connectivity index (χ0) is 32.5. The van der Waals surface area contributed by atoms with E-state index in [9.17, 15) is 24.3 Å². The normalized spacial score (nSPS) is 13.8. The average Bonchev–Trinajstić information content (AvgIpc) is 3.08. The van der Waals surface area contributed by atoms with Gasteiger partial charge >= 0.3 is 11.9 Å². The van der Waals surface area contributed by atoms with E-state index in [1.807, 2.05) is 83.8 Å². The number of ether oxygens (including phenoxy) is 1. The van der Waals surface area contributed by atoms with Crippen LogP contribution in [0.15, 0.2) is 103 Å². The maximum Gasteiger partial charge on any atom is 0.394 e. The Kier molecular flexibility index (Phi) is 11.0. The zero-order valence-corrected chi connectivity index (χ0v) is 27.2. The molecule has 4 aromatic carbocycles. The molecule has 236 valence electrons. The number of halogens is 1. The van der Waals surface area contributed by atoms with Gasteiger partial charge in [-0.1, -0.05) is 48.5 Å². The number of nitrogens with zero attached hydrogens (tertiary/aromatic N) is 1. The van der Waals surface area contributed by atoms with Crippen molar-refractivity contribution in [2.75, 3.05) is 13.1 Å². The molecule has 9 nitrogen and oxygen atoms in total. The van der Waals surface area contributed by atoms with E-state index in [-0.39, 0.29) is 17.7 Å². The van der Waals surface area contributed by atoms with Crippen molar-refractivity contribution in [1.29, 1.82) is 0 Å². The van der Waals surface area contributed by atoms with Gasteiger partial charge in [-0.25, -0.2) is 4.79 Å². The predicted octanol–water partition coefficient (Wildman–Crippen LogP) is 6.20. The Morgan fingerprint density at radius 2 is 1.50 bits per heavy atom. The number of hydrogen-bond donors (Lipinski definition) is 3. The number of nitrogens with one attached hydrogen (secondary N) is 2. The first kappa shape index (κ1) is 32.7. The van der Waals surface area contributed by atoms with Crippen molar-refractivity contribution >= 4 is 46.3 Å². The van der Waals surface area contributed by atoms with E-state index in [1.54, 1.807) is 24.3 Å². The third-order valence-corrected chi connectivity index (χ3v) is 8.64. The molecule has 0 spiro atoms. The number of rotatable bonds is 10. The molecule has 0 saturated carbocycles. The van der Waals surface area contributed by atoms with Crippen LogP contribution in [-0.2, 0) is 16.1 Å². The Labute approximate surface area is 281 Å². The molecule has 1 heterocycles. The highest BCUT2D eigenvalue weighted by atomic mass is 127. The minimum Gasteiger partial charge on any atom is -0.474 e. The SMILES string of the molecule is O=C(O)C(=O)NC(CC1CCN(C(=O)c2cccc(I)c2)CC1)c1ccc(C(=O)NCc2ccc(Oc3ccccc3)cc2)cc1. The first-order valence-corrected chi connectivity index (χ1v) is 16.1. The monoisotopic (exact) mass is 731 g/mol. The minimum atomic E-state index is -1.56. The van der Waals surface area contributed by atoms with E-state index >= 15 is 0 Å². The molecule has 1 aliphatic heterocycles. The van der Waals surface area contributed by atoms with Gasteiger partial charge in [-0.15, -0.1) is 0 Å². The number of carbonyl (C=O) groups excluding carboxylic acids is 3. The lowest BCUT2D eigenvalue weighted by atomic mass is 9.87. The van der Waals surface area contributed by atoms with Crippen LogP contribution in [0.3, 0.4) is 0 Å². The summed E-state index contributed by atoms with van der Waals surface area (Å²) in [5, 5.41) is 14.8. The fourth-order valence-corrected chi connectivity index (χ4v) is 6.00. The van der Waals surface area contributed by atoms with E-state index in [4.69, 9.17) is 4.74 Å². The second kappa shape index (κ2) is 15.5. The molecule has 1 atom stereocenters. The van der Waals surface area contributed by atoms with Crippen LogP contribution in [-0.4, -0.2) is 46.8 Å². The fraction of sp³-hybridized carbons (Fsp3) is 0.222. The van der Waals surface area contributed by atoms with Gasteiger partial charge in [0, 0.05) is 34.3 Å². The smallest absolute Gasteiger partial charge is 0.394 e. The highest BCUT2D eigenvalue weighted by Gasteiger charge is 2.28. The fourth-order valence-electron chi connectivity index (χ4n) is 5.46. The van der Waals surface area contributed by atoms with Gasteiger partial charge in [-0.2, -0.15) is 0 Å². The predicted molar refractivity (Wildman–Crippen MR) is 181 cm³/mol. The molecule has 5 rings (SSSR count). The Bertz CT molecular complexity index is 1670. The summed E-state index contributed by atoms with van der Waals surface area (Å²) in [6.45, 7) is 1.49. The lowest BCUT2D eigenvalue weighted by molar-refractivity contribution is -0.150. The van der Waals surface area contributed by atoms with Crippen LogP contribution in [0, 0.1) is 9.49 Å². The number of benzene rings is 4. The second-order valence-electron chi connectivity index (χ2n) is 11.2. The lowest BCUT2D eigenvalue weighted by Crippen LogP contribution is -2.40. The second-order valence-corrected chi connectivity index (χ2v) is 12.4. The molecule has 0 aliphatic carbocycles. The molecule has 3 N–H and O–H groups in total. The number of piperidine rings is 1. The number of amides is 3. The van der Waals surface area contributed by atoms with E-state index in [0.717, 1.165) is 27.7 Å². The molecule has 1 aliphatic rings. The summed E-state index contributed by atoms with van der Waals surface area (Å²) in [6.07, 6.45) is 1.98. The van der Waals surface area contributed by atoms with Crippen molar-refractivity contribution in [2.24, 2.45) is 5.92 Å². The molecule has 46 heavy (non-hydrogen) atoms. The van der Waals surface area contributed by atoms with Crippen LogP contribution in [0.2, 0.25) is 0 Å². The number of aliphatic carboxylic acids is 1. The summed E-state index contributed by atoms with van der Waals surface area (Å²) < 4.78 is 6.81. The van der Waals surface area contributed by atoms with Gasteiger partial charge in [0.2, 0.25) is 0 Å². The van der Waals surface area contributed by atoms with Crippen LogP contribution in [0.4, 0.5) is 0 Å². The molecule has 1 saturated heterocycles. The van der Waals surface area contributed by atoms with Gasteiger partial charge in [0.25, 0.3) is 11.8 Å². The number of carboxylic acids is 1. The van der Waals surface area contributed by atoms with Gasteiger partial charge in [-0.05, 0) is 113 Å². The topological polar surface area (TPSA) is 125 Å². The number of likely N-dealkylation sites (tertiary alicyclic amines) is 1. The molecule has 1 unspecified atom stereocenters. The van der Waals surface area contributed by atoms with Crippen LogP contribution in [0.1, 0.15) is 57.1 Å². The molecule has 1 fully saturated rings. The standard InChI is InChI=1S/C36H34IN3O6/c37-29-6-4-5-28(22-29)35(43)40-19-17-24(18-20-40)21-32(39-34(42)36(44)45)26-11-13-27(14-12-26)33(41)38-23-25-9-15-31(16-10-25)46-30-7-2-1-3-8-30/h1-16,22,24,32H,17-21,23H2,(H,38,41)(H,39,42)(H,44,45). The Morgan fingerprint density at radius 1 is 0.826 bits per heavy atom. The maximum atomic E-state index is 13.0. The van der Waals surface area contributed by atoms with E-state index in [0.29, 0.717) is 48.5 Å². The van der Waals surface area contributed by atoms with Crippen LogP contribution in [0.5, 0.6) is 11.5 Å². The number of para-hydroxylation sites is 1. The maximum absolute atomic E-state index is 13.0. The molecule has 0 aromatic heterocycles. The summed E-state index contributed by atoms with van der Waals surface area (Å²) in [7, 11) is 0. The molecular weight excluding hydrogens is 697 g/mol. The third kappa shape index (κ3) is 8.94. The van der Waals surface area contributed by atoms with Crippen molar-refractivity contribution < 1.29 is 29.0 Å². The Hall–Kier alpha value is -4.71. The molecule has 10 heteroatoms. The lowest BCUT2D eigenvalue weighted by Gasteiger charge is -2.34. The molecule has 3 amide bonds. The molecule has 0 radical (unpaired) electrons. The summed E-state index contributed by atoms with van der Waals surface area (Å²) >= 11 is 2.19. The van der Waals surface area contributed by atoms with Gasteiger partial charge < -0.3 is 25.4 Å². The Balaban J connectivity index is 1.16. The summed E-state index contributed by atoms with van der Waals surface area (Å²) in [4.78, 5) is 51.2. The van der Waals surface area contributed by atoms with E-state index < -0.39 is 17.9 Å². The third-order valence-electron chi connectivity index (χ3n) is 7.97. The Morgan fingerprint density at radius 3 is 2.15 bits per heavy atom. The van der Waals surface area contributed by atoms with Crippen molar-refractivity contribution in [3.8, 4) is 11.5 Å². The quantitative estimate of drug-likeness (QED) is 0.132. The van der Waals surface area contributed by atoms with Crippen LogP contribution >= 0.6 is 22.6 Å². The van der Waals surface area contributed by atoms with Crippen LogP contribution < -0.4 is 15.4 Å². The summed E-state index contributed by atoms with van der Waals surface area (Å²) in [6, 6.07) is 30.7. The molecular formula is C36H34IN3O6. The highest BCUT2D eigenvalue weighted by Crippen LogP contribution is 2.30. The summed E-state index contributed by atoms with van der Waals surface area (Å²) in [5.41, 5.74) is 2.72. The van der Waals surface area contributed by atoms with Gasteiger partial charge in [-0.3, -0.25) is 14.4 Å². The van der Waals surface area contributed by atoms with Crippen molar-refractivity contribution in [3.63, 3.8) is 0 Å². The molecule has 4 aromatic rings. The zero-order valence-electron chi connectivity index (χ0n) is 25.0. The number of hydrogen-bond acceptors (Lipinski definition) is 5. The first-order valence-electron chi connectivity index (χ1n) is 15.0. The number of carbonyl (C=O) groups is 4. The number of carboxylic acid groups (broad SMARTS) is 1. The van der Waals surface area contributed by atoms with Gasteiger partial charge in [0.05, 0.1) is 6.04 Å². The average molecular weight is 732 g/mol.